The first-order valence-electron chi connectivity index (χ1n) is 20.8. The third-order valence-corrected chi connectivity index (χ3v) is 12.2. The summed E-state index contributed by atoms with van der Waals surface area (Å²) in [4.78, 5) is 5.00. The number of rotatable bonds is 8. The number of anilines is 5. The third-order valence-electron chi connectivity index (χ3n) is 12.2. The largest absolute Gasteiger partial charge is 0.333 e. The van der Waals surface area contributed by atoms with Gasteiger partial charge in [-0.05, 0) is 104 Å². The van der Waals surface area contributed by atoms with E-state index < -0.39 is 0 Å². The van der Waals surface area contributed by atoms with Gasteiger partial charge in [0.15, 0.2) is 0 Å². The Hall–Kier alpha value is -7.68. The van der Waals surface area contributed by atoms with Crippen LogP contribution in [-0.4, -0.2) is 6.04 Å². The molecule has 0 radical (unpaired) electrons. The van der Waals surface area contributed by atoms with Gasteiger partial charge in [-0.3, -0.25) is 0 Å². The average Bonchev–Trinajstić information content (AvgIpc) is 3.65. The summed E-state index contributed by atoms with van der Waals surface area (Å²) < 4.78 is 0. The number of hydrogen-bond acceptors (Lipinski definition) is 2. The van der Waals surface area contributed by atoms with Crippen LogP contribution >= 0.6 is 0 Å². The van der Waals surface area contributed by atoms with Crippen molar-refractivity contribution in [2.45, 2.75) is 12.0 Å². The molecular formula is C58H42N2. The van der Waals surface area contributed by atoms with Crippen molar-refractivity contribution in [3.8, 4) is 44.5 Å². The van der Waals surface area contributed by atoms with Crippen molar-refractivity contribution in [3.63, 3.8) is 0 Å². The van der Waals surface area contributed by atoms with Gasteiger partial charge in [0, 0.05) is 34.1 Å². The number of para-hydroxylation sites is 1. The number of benzene rings is 9. The Morgan fingerprint density at radius 2 is 0.933 bits per heavy atom. The minimum Gasteiger partial charge on any atom is -0.333 e. The molecular weight excluding hydrogens is 725 g/mol. The molecule has 0 fully saturated rings. The minimum atomic E-state index is 0.198. The van der Waals surface area contributed by atoms with Crippen LogP contribution in [0.5, 0.6) is 0 Å². The highest BCUT2D eigenvalue weighted by atomic mass is 15.2. The Labute approximate surface area is 352 Å². The molecule has 2 heteroatoms. The zero-order valence-corrected chi connectivity index (χ0v) is 33.1. The molecule has 1 aliphatic heterocycles. The van der Waals surface area contributed by atoms with Gasteiger partial charge in [0.05, 0.1) is 17.4 Å². The van der Waals surface area contributed by atoms with E-state index in [1.807, 2.05) is 0 Å². The molecule has 2 atom stereocenters. The minimum absolute atomic E-state index is 0.198. The SMILES string of the molecule is C1=CC2c3cc4ccccc4cc3N(c3cccc(-c4ccccc4N(c4ccc(-c5ccccc5)cc4)c4ccc(-c5ccccc5)cc4-c4ccccc4)c3)C2C=C1. The van der Waals surface area contributed by atoms with Crippen LogP contribution in [0.4, 0.5) is 28.4 Å². The normalized spacial score (nSPS) is 15.2. The van der Waals surface area contributed by atoms with Crippen LogP contribution in [0.15, 0.2) is 243 Å². The zero-order valence-electron chi connectivity index (χ0n) is 33.1. The Balaban J connectivity index is 1.09. The fourth-order valence-corrected chi connectivity index (χ4v) is 9.29. The van der Waals surface area contributed by atoms with Crippen LogP contribution in [0.1, 0.15) is 11.5 Å². The van der Waals surface area contributed by atoms with Gasteiger partial charge in [-0.15, -0.1) is 0 Å². The lowest BCUT2D eigenvalue weighted by Gasteiger charge is -2.31. The van der Waals surface area contributed by atoms with Gasteiger partial charge < -0.3 is 9.80 Å². The Morgan fingerprint density at radius 1 is 0.367 bits per heavy atom. The fourth-order valence-electron chi connectivity index (χ4n) is 9.29. The van der Waals surface area contributed by atoms with Gasteiger partial charge in [-0.1, -0.05) is 188 Å². The second-order valence-electron chi connectivity index (χ2n) is 15.7. The molecule has 0 bridgehead atoms. The fraction of sp³-hybridized carbons (Fsp3) is 0.0345. The van der Waals surface area contributed by atoms with Crippen LogP contribution in [0.25, 0.3) is 55.3 Å². The molecule has 2 nitrogen and oxygen atoms in total. The van der Waals surface area contributed by atoms with Gasteiger partial charge in [-0.25, -0.2) is 0 Å². The van der Waals surface area contributed by atoms with Crippen molar-refractivity contribution in [1.82, 2.24) is 0 Å². The first-order valence-corrected chi connectivity index (χ1v) is 20.8. The third kappa shape index (κ3) is 6.40. The highest BCUT2D eigenvalue weighted by molar-refractivity contribution is 5.96. The lowest BCUT2D eigenvalue weighted by atomic mass is 9.90. The van der Waals surface area contributed by atoms with Crippen molar-refractivity contribution in [1.29, 1.82) is 0 Å². The predicted octanol–water partition coefficient (Wildman–Crippen LogP) is 15.7. The summed E-state index contributed by atoms with van der Waals surface area (Å²) in [6.45, 7) is 0. The molecule has 0 saturated heterocycles. The van der Waals surface area contributed by atoms with Gasteiger partial charge in [0.25, 0.3) is 0 Å². The second kappa shape index (κ2) is 15.2. The van der Waals surface area contributed by atoms with Crippen LogP contribution in [0.2, 0.25) is 0 Å². The quantitative estimate of drug-likeness (QED) is 0.152. The average molecular weight is 767 g/mol. The summed E-state index contributed by atoms with van der Waals surface area (Å²) in [7, 11) is 0. The molecule has 2 aliphatic rings. The maximum atomic E-state index is 2.55. The summed E-state index contributed by atoms with van der Waals surface area (Å²) >= 11 is 0. The molecule has 0 saturated carbocycles. The van der Waals surface area contributed by atoms with Crippen LogP contribution < -0.4 is 9.80 Å². The van der Waals surface area contributed by atoms with E-state index in [4.69, 9.17) is 0 Å². The molecule has 9 aromatic rings. The molecule has 1 heterocycles. The van der Waals surface area contributed by atoms with Crippen LogP contribution in [-0.2, 0) is 0 Å². The Kier molecular flexibility index (Phi) is 9.02. The van der Waals surface area contributed by atoms with Crippen LogP contribution in [0, 0.1) is 0 Å². The number of fused-ring (bicyclic) bond motifs is 4. The van der Waals surface area contributed by atoms with Crippen molar-refractivity contribution in [2.75, 3.05) is 9.80 Å². The number of allylic oxidation sites excluding steroid dienone is 2. The topological polar surface area (TPSA) is 6.48 Å². The van der Waals surface area contributed by atoms with E-state index in [0.717, 1.165) is 33.8 Å². The lowest BCUT2D eigenvalue weighted by Crippen LogP contribution is -2.28. The molecule has 0 spiro atoms. The summed E-state index contributed by atoms with van der Waals surface area (Å²) in [5.74, 6) is 0.287. The molecule has 0 aromatic heterocycles. The lowest BCUT2D eigenvalue weighted by molar-refractivity contribution is 0.745. The Bertz CT molecular complexity index is 3040. The van der Waals surface area contributed by atoms with E-state index in [2.05, 4.69) is 252 Å². The molecule has 9 aromatic carbocycles. The monoisotopic (exact) mass is 766 g/mol. The number of nitrogens with zero attached hydrogens (tertiary/aromatic N) is 2. The second-order valence-corrected chi connectivity index (χ2v) is 15.7. The predicted molar refractivity (Wildman–Crippen MR) is 254 cm³/mol. The molecule has 11 rings (SSSR count). The van der Waals surface area contributed by atoms with Crippen molar-refractivity contribution in [2.24, 2.45) is 0 Å². The van der Waals surface area contributed by atoms with Gasteiger partial charge in [0.1, 0.15) is 0 Å². The highest BCUT2D eigenvalue weighted by Crippen LogP contribution is 2.51. The van der Waals surface area contributed by atoms with Crippen LogP contribution in [0.3, 0.4) is 0 Å². The van der Waals surface area contributed by atoms with Gasteiger partial charge in [0.2, 0.25) is 0 Å². The van der Waals surface area contributed by atoms with E-state index >= 15 is 0 Å². The molecule has 0 N–H and O–H groups in total. The van der Waals surface area contributed by atoms with Gasteiger partial charge in [-0.2, -0.15) is 0 Å². The molecule has 284 valence electrons. The summed E-state index contributed by atoms with van der Waals surface area (Å²) in [5.41, 5.74) is 16.6. The summed E-state index contributed by atoms with van der Waals surface area (Å²) in [5, 5.41) is 2.54. The number of hydrogen-bond donors (Lipinski definition) is 0. The van der Waals surface area contributed by atoms with Crippen molar-refractivity contribution < 1.29 is 0 Å². The zero-order chi connectivity index (χ0) is 39.8. The molecule has 60 heavy (non-hydrogen) atoms. The van der Waals surface area contributed by atoms with E-state index in [1.54, 1.807) is 0 Å². The summed E-state index contributed by atoms with van der Waals surface area (Å²) in [6.07, 6.45) is 9.13. The van der Waals surface area contributed by atoms with E-state index in [9.17, 15) is 0 Å². The first kappa shape index (κ1) is 35.5. The Morgan fingerprint density at radius 3 is 1.68 bits per heavy atom. The van der Waals surface area contributed by atoms with Crippen molar-refractivity contribution >= 4 is 39.2 Å². The van der Waals surface area contributed by atoms with Crippen molar-refractivity contribution in [3.05, 3.63) is 248 Å². The molecule has 0 amide bonds. The standard InChI is InChI=1S/C58H42N2/c1-4-17-41(18-5-1)43-31-34-49(35-32-43)59(57-36-33-47(42-19-6-2-7-20-42)38-53(57)44-21-8-3-9-22-44)55-29-14-12-27-51(55)48-25-16-26-50(37-48)60-56-30-15-13-28-52(56)54-39-45-23-10-11-24-46(45)40-58(54)60/h1-40,52,56H. The summed E-state index contributed by atoms with van der Waals surface area (Å²) in [6, 6.07) is 79.8. The van der Waals surface area contributed by atoms with E-state index in [0.29, 0.717) is 0 Å². The van der Waals surface area contributed by atoms with Gasteiger partial charge >= 0.3 is 0 Å². The maximum absolute atomic E-state index is 2.55. The maximum Gasteiger partial charge on any atom is 0.0629 e. The van der Waals surface area contributed by atoms with E-state index in [-0.39, 0.29) is 12.0 Å². The molecule has 2 unspecified atom stereocenters. The highest BCUT2D eigenvalue weighted by Gasteiger charge is 2.37. The smallest absolute Gasteiger partial charge is 0.0629 e. The first-order chi connectivity index (χ1) is 29.8. The van der Waals surface area contributed by atoms with E-state index in [1.165, 1.54) is 55.5 Å². The molecule has 1 aliphatic carbocycles.